The third-order valence-electron chi connectivity index (χ3n) is 2.09. The molecule has 0 N–H and O–H groups in total. The molecule has 1 heterocycles. The predicted molar refractivity (Wildman–Crippen MR) is 70.2 cm³/mol. The second-order valence-electron chi connectivity index (χ2n) is 3.39. The van der Waals surface area contributed by atoms with E-state index in [0.29, 0.717) is 0 Å². The highest BCUT2D eigenvalue weighted by molar-refractivity contribution is 6.42. The summed E-state index contributed by atoms with van der Waals surface area (Å²) in [6, 6.07) is 2.07. The predicted octanol–water partition coefficient (Wildman–Crippen LogP) is 4.28. The zero-order valence-corrected chi connectivity index (χ0v) is 11.6. The van der Waals surface area contributed by atoms with Gasteiger partial charge in [0, 0.05) is 12.1 Å². The van der Waals surface area contributed by atoms with E-state index in [4.69, 9.17) is 39.5 Å². The molecule has 104 valence electrons. The highest BCUT2D eigenvalue weighted by Crippen LogP contribution is 2.38. The van der Waals surface area contributed by atoms with E-state index in [1.54, 1.807) is 0 Å². The molecule has 0 aliphatic heterocycles. The summed E-state index contributed by atoms with van der Waals surface area (Å²) in [7, 11) is 0. The number of nitro groups is 1. The Bertz CT molecular complexity index is 699. The van der Waals surface area contributed by atoms with Crippen LogP contribution in [0.15, 0.2) is 18.3 Å². The van der Waals surface area contributed by atoms with Crippen LogP contribution in [0, 0.1) is 15.9 Å². The number of ether oxygens (including phenoxy) is 1. The van der Waals surface area contributed by atoms with Crippen molar-refractivity contribution in [2.45, 2.75) is 0 Å². The molecule has 0 aliphatic carbocycles. The van der Waals surface area contributed by atoms with Crippen molar-refractivity contribution in [2.75, 3.05) is 0 Å². The van der Waals surface area contributed by atoms with Crippen LogP contribution in [0.2, 0.25) is 15.3 Å². The van der Waals surface area contributed by atoms with Gasteiger partial charge in [0.1, 0.15) is 0 Å². The summed E-state index contributed by atoms with van der Waals surface area (Å²) in [5.74, 6) is -1.82. The Morgan fingerprint density at radius 3 is 2.55 bits per heavy atom. The van der Waals surface area contributed by atoms with Crippen LogP contribution >= 0.6 is 34.8 Å². The Kier molecular flexibility index (Phi) is 4.22. The minimum atomic E-state index is -0.935. The fourth-order valence-corrected chi connectivity index (χ4v) is 1.69. The first-order valence-corrected chi connectivity index (χ1v) is 6.01. The molecule has 1 aromatic carbocycles. The third kappa shape index (κ3) is 3.06. The van der Waals surface area contributed by atoms with Crippen molar-refractivity contribution in [3.05, 3.63) is 49.6 Å². The molecule has 10 heteroatoms. The lowest BCUT2D eigenvalue weighted by Crippen LogP contribution is -1.98. The molecular formula is C10H3Cl3FN3O3. The van der Waals surface area contributed by atoms with E-state index in [1.165, 1.54) is 0 Å². The zero-order chi connectivity index (χ0) is 14.9. The van der Waals surface area contributed by atoms with Gasteiger partial charge in [0.05, 0.1) is 21.2 Å². The summed E-state index contributed by atoms with van der Waals surface area (Å²) in [5.41, 5.74) is -0.492. The average Bonchev–Trinajstić information content (AvgIpc) is 2.37. The number of benzene rings is 1. The zero-order valence-electron chi connectivity index (χ0n) is 9.31. The summed E-state index contributed by atoms with van der Waals surface area (Å²) in [6.45, 7) is 0. The van der Waals surface area contributed by atoms with E-state index in [0.717, 1.165) is 18.3 Å². The van der Waals surface area contributed by atoms with E-state index in [1.807, 2.05) is 0 Å². The number of hydrogen-bond acceptors (Lipinski definition) is 5. The van der Waals surface area contributed by atoms with Crippen LogP contribution < -0.4 is 4.74 Å². The molecule has 2 aromatic rings. The van der Waals surface area contributed by atoms with Gasteiger partial charge in [-0.15, -0.1) is 0 Å². The Hall–Kier alpha value is -1.70. The van der Waals surface area contributed by atoms with Crippen molar-refractivity contribution >= 4 is 40.5 Å². The molecule has 0 unspecified atom stereocenters. The molecule has 0 saturated carbocycles. The van der Waals surface area contributed by atoms with Crippen LogP contribution in [-0.4, -0.2) is 14.9 Å². The number of hydrogen-bond donors (Lipinski definition) is 0. The van der Waals surface area contributed by atoms with Gasteiger partial charge in [-0.05, 0) is 11.6 Å². The average molecular weight is 339 g/mol. The van der Waals surface area contributed by atoms with E-state index >= 15 is 0 Å². The Morgan fingerprint density at radius 1 is 1.25 bits per heavy atom. The Labute approximate surface area is 126 Å². The maximum absolute atomic E-state index is 13.4. The van der Waals surface area contributed by atoms with E-state index in [-0.39, 0.29) is 21.1 Å². The van der Waals surface area contributed by atoms with Gasteiger partial charge in [0.2, 0.25) is 16.9 Å². The van der Waals surface area contributed by atoms with E-state index in [9.17, 15) is 14.5 Å². The van der Waals surface area contributed by atoms with Crippen LogP contribution in [0.25, 0.3) is 0 Å². The van der Waals surface area contributed by atoms with Crippen molar-refractivity contribution in [1.82, 2.24) is 9.97 Å². The molecule has 6 nitrogen and oxygen atoms in total. The van der Waals surface area contributed by atoms with Crippen LogP contribution in [0.3, 0.4) is 0 Å². The molecule has 0 amide bonds. The first-order valence-electron chi connectivity index (χ1n) is 4.88. The SMILES string of the molecule is O=[N+]([O-])c1cc(Cl)c(Cl)cc1Oc1nc(Cl)ncc1F. The normalized spacial score (nSPS) is 10.4. The number of rotatable bonds is 3. The fraction of sp³-hybridized carbons (Fsp3) is 0. The second kappa shape index (κ2) is 5.74. The smallest absolute Gasteiger partial charge is 0.313 e. The summed E-state index contributed by atoms with van der Waals surface area (Å²) >= 11 is 16.9. The van der Waals surface area contributed by atoms with Crippen LogP contribution in [0.4, 0.5) is 10.1 Å². The van der Waals surface area contributed by atoms with Crippen molar-refractivity contribution in [1.29, 1.82) is 0 Å². The molecular weight excluding hydrogens is 335 g/mol. The van der Waals surface area contributed by atoms with Gasteiger partial charge < -0.3 is 4.74 Å². The molecule has 0 saturated heterocycles. The lowest BCUT2D eigenvalue weighted by molar-refractivity contribution is -0.385. The Balaban J connectivity index is 2.50. The van der Waals surface area contributed by atoms with Gasteiger partial charge in [0.15, 0.2) is 0 Å². The van der Waals surface area contributed by atoms with Crippen LogP contribution in [-0.2, 0) is 0 Å². The maximum atomic E-state index is 13.4. The monoisotopic (exact) mass is 337 g/mol. The quantitative estimate of drug-likeness (QED) is 0.474. The first-order chi connectivity index (χ1) is 9.38. The van der Waals surface area contributed by atoms with Crippen molar-refractivity contribution in [3.63, 3.8) is 0 Å². The largest absolute Gasteiger partial charge is 0.429 e. The minimum absolute atomic E-state index is 0.00725. The highest BCUT2D eigenvalue weighted by Gasteiger charge is 2.21. The lowest BCUT2D eigenvalue weighted by Gasteiger charge is -2.07. The second-order valence-corrected chi connectivity index (χ2v) is 4.54. The Morgan fingerprint density at radius 2 is 1.90 bits per heavy atom. The van der Waals surface area contributed by atoms with Gasteiger partial charge in [-0.25, -0.2) is 4.98 Å². The summed E-state index contributed by atoms with van der Waals surface area (Å²) in [6.07, 6.45) is 0.772. The molecule has 0 spiro atoms. The molecule has 0 radical (unpaired) electrons. The van der Waals surface area contributed by atoms with Crippen LogP contribution in [0.1, 0.15) is 0 Å². The van der Waals surface area contributed by atoms with Crippen molar-refractivity contribution in [2.24, 2.45) is 0 Å². The number of halogens is 4. The molecule has 0 aliphatic rings. The molecule has 20 heavy (non-hydrogen) atoms. The summed E-state index contributed by atoms with van der Waals surface area (Å²) in [4.78, 5) is 17.0. The highest BCUT2D eigenvalue weighted by atomic mass is 35.5. The number of nitro benzene ring substituents is 1. The van der Waals surface area contributed by atoms with Crippen LogP contribution in [0.5, 0.6) is 11.6 Å². The third-order valence-corrected chi connectivity index (χ3v) is 2.99. The van der Waals surface area contributed by atoms with Gasteiger partial charge in [-0.1, -0.05) is 23.2 Å². The molecule has 1 aromatic heterocycles. The topological polar surface area (TPSA) is 78.2 Å². The fourth-order valence-electron chi connectivity index (χ4n) is 1.25. The summed E-state index contributed by atoms with van der Waals surface area (Å²) in [5, 5.41) is 10.6. The molecule has 0 bridgehead atoms. The summed E-state index contributed by atoms with van der Waals surface area (Å²) < 4.78 is 18.5. The first kappa shape index (κ1) is 14.7. The van der Waals surface area contributed by atoms with E-state index in [2.05, 4.69) is 9.97 Å². The van der Waals surface area contributed by atoms with E-state index < -0.39 is 22.3 Å². The molecule has 2 rings (SSSR count). The van der Waals surface area contributed by atoms with Gasteiger partial charge in [0.25, 0.3) is 5.88 Å². The van der Waals surface area contributed by atoms with Crippen molar-refractivity contribution < 1.29 is 14.1 Å². The molecule has 0 fully saturated rings. The maximum Gasteiger partial charge on any atom is 0.313 e. The minimum Gasteiger partial charge on any atom is -0.429 e. The molecule has 0 atom stereocenters. The van der Waals surface area contributed by atoms with Crippen molar-refractivity contribution in [3.8, 4) is 11.6 Å². The number of nitrogens with zero attached hydrogens (tertiary/aromatic N) is 3. The van der Waals surface area contributed by atoms with Gasteiger partial charge >= 0.3 is 5.69 Å². The van der Waals surface area contributed by atoms with Gasteiger partial charge in [-0.3, -0.25) is 10.1 Å². The van der Waals surface area contributed by atoms with Gasteiger partial charge in [-0.2, -0.15) is 9.37 Å². The standard InChI is InChI=1S/C10H3Cl3FN3O3/c11-4-1-7(17(18)19)8(2-5(4)12)20-9-6(14)3-15-10(13)16-9/h1-3H. The lowest BCUT2D eigenvalue weighted by atomic mass is 10.3. The number of aromatic nitrogens is 2.